The van der Waals surface area contributed by atoms with Gasteiger partial charge in [0.25, 0.3) is 5.91 Å². The van der Waals surface area contributed by atoms with E-state index in [1.165, 1.54) is 18.2 Å². The van der Waals surface area contributed by atoms with Gasteiger partial charge in [-0.3, -0.25) is 14.5 Å². The van der Waals surface area contributed by atoms with Gasteiger partial charge in [-0.25, -0.2) is 9.18 Å². The van der Waals surface area contributed by atoms with E-state index in [1.807, 2.05) is 13.8 Å². The first kappa shape index (κ1) is 18.9. The van der Waals surface area contributed by atoms with Gasteiger partial charge in [-0.15, -0.1) is 0 Å². The molecule has 2 N–H and O–H groups in total. The maximum Gasteiger partial charge on any atom is 0.325 e. The average molecular weight is 349 g/mol. The van der Waals surface area contributed by atoms with Gasteiger partial charge in [0, 0.05) is 5.69 Å². The fourth-order valence-corrected chi connectivity index (χ4v) is 2.74. The molecule has 1 heterocycles. The van der Waals surface area contributed by atoms with Crippen LogP contribution in [0.1, 0.15) is 39.2 Å². The molecule has 1 atom stereocenters. The third-order valence-electron chi connectivity index (χ3n) is 4.33. The van der Waals surface area contributed by atoms with Crippen molar-refractivity contribution < 1.29 is 18.8 Å². The molecule has 25 heavy (non-hydrogen) atoms. The number of hydrogen-bond acceptors (Lipinski definition) is 3. The number of halogens is 1. The molecule has 0 bridgehead atoms. The number of anilines is 1. The smallest absolute Gasteiger partial charge is 0.324 e. The van der Waals surface area contributed by atoms with Gasteiger partial charge in [0.1, 0.15) is 17.9 Å². The van der Waals surface area contributed by atoms with E-state index < -0.39 is 29.2 Å². The molecule has 7 heteroatoms. The zero-order valence-electron chi connectivity index (χ0n) is 15.0. The summed E-state index contributed by atoms with van der Waals surface area (Å²) in [6.45, 7) is 7.05. The number of carbonyl (C=O) groups is 3. The minimum Gasteiger partial charge on any atom is -0.324 e. The Morgan fingerprint density at radius 2 is 2.04 bits per heavy atom. The third-order valence-corrected chi connectivity index (χ3v) is 4.33. The summed E-state index contributed by atoms with van der Waals surface area (Å²) >= 11 is 0. The van der Waals surface area contributed by atoms with Crippen molar-refractivity contribution in [3.05, 3.63) is 29.6 Å². The lowest BCUT2D eigenvalue weighted by molar-refractivity contribution is -0.133. The zero-order valence-corrected chi connectivity index (χ0v) is 15.0. The Morgan fingerprint density at radius 3 is 2.64 bits per heavy atom. The number of rotatable bonds is 6. The first-order chi connectivity index (χ1) is 11.6. The van der Waals surface area contributed by atoms with Crippen LogP contribution < -0.4 is 10.6 Å². The maximum atomic E-state index is 13.1. The molecule has 0 unspecified atom stereocenters. The monoisotopic (exact) mass is 349 g/mol. The Kier molecular flexibility index (Phi) is 5.45. The molecule has 0 saturated carbocycles. The number of aryl methyl sites for hydroxylation is 1. The SMILES string of the molecule is Cc1cc(F)ccc1NC(=O)CN1C(=O)N[C@](C)(CCC(C)C)C1=O. The van der Waals surface area contributed by atoms with E-state index >= 15 is 0 Å². The van der Waals surface area contributed by atoms with Crippen LogP contribution in [0.25, 0.3) is 0 Å². The highest BCUT2D eigenvalue weighted by Crippen LogP contribution is 2.25. The van der Waals surface area contributed by atoms with Gasteiger partial charge in [0.2, 0.25) is 5.91 Å². The molecule has 4 amide bonds. The van der Waals surface area contributed by atoms with Crippen LogP contribution in [0.5, 0.6) is 0 Å². The lowest BCUT2D eigenvalue weighted by Gasteiger charge is -2.22. The molecule has 1 fully saturated rings. The molecule has 1 aromatic rings. The summed E-state index contributed by atoms with van der Waals surface area (Å²) in [6, 6.07) is 3.41. The molecule has 1 saturated heterocycles. The summed E-state index contributed by atoms with van der Waals surface area (Å²) < 4.78 is 13.1. The van der Waals surface area contributed by atoms with Crippen LogP contribution in [0.2, 0.25) is 0 Å². The number of imide groups is 1. The third kappa shape index (κ3) is 4.35. The van der Waals surface area contributed by atoms with Crippen molar-refractivity contribution in [3.8, 4) is 0 Å². The molecule has 1 aromatic carbocycles. The van der Waals surface area contributed by atoms with Crippen molar-refractivity contribution >= 4 is 23.5 Å². The van der Waals surface area contributed by atoms with Crippen LogP contribution in [0.3, 0.4) is 0 Å². The number of amides is 4. The van der Waals surface area contributed by atoms with Gasteiger partial charge in [-0.1, -0.05) is 13.8 Å². The van der Waals surface area contributed by atoms with Gasteiger partial charge >= 0.3 is 6.03 Å². The average Bonchev–Trinajstić information content (AvgIpc) is 2.72. The van der Waals surface area contributed by atoms with E-state index in [1.54, 1.807) is 13.8 Å². The van der Waals surface area contributed by atoms with E-state index in [9.17, 15) is 18.8 Å². The molecule has 0 radical (unpaired) electrons. The Morgan fingerprint density at radius 1 is 1.36 bits per heavy atom. The van der Waals surface area contributed by atoms with Crippen molar-refractivity contribution in [2.45, 2.75) is 46.1 Å². The van der Waals surface area contributed by atoms with Crippen LogP contribution in [0.15, 0.2) is 18.2 Å². The van der Waals surface area contributed by atoms with Gasteiger partial charge in [0.15, 0.2) is 0 Å². The minimum atomic E-state index is -0.979. The van der Waals surface area contributed by atoms with Crippen LogP contribution >= 0.6 is 0 Å². The van der Waals surface area contributed by atoms with Crippen molar-refractivity contribution in [1.29, 1.82) is 0 Å². The van der Waals surface area contributed by atoms with Crippen LogP contribution in [0, 0.1) is 18.7 Å². The lowest BCUT2D eigenvalue weighted by atomic mass is 9.92. The number of carbonyl (C=O) groups excluding carboxylic acids is 3. The second kappa shape index (κ2) is 7.21. The van der Waals surface area contributed by atoms with E-state index in [-0.39, 0.29) is 6.54 Å². The summed E-state index contributed by atoms with van der Waals surface area (Å²) in [7, 11) is 0. The standard InChI is InChI=1S/C18H24FN3O3/c1-11(2)7-8-18(4)16(24)22(17(25)21-18)10-15(23)20-14-6-5-13(19)9-12(14)3/h5-6,9,11H,7-8,10H2,1-4H3,(H,20,23)(H,21,25)/t18-/m1/s1. The topological polar surface area (TPSA) is 78.5 Å². The van der Waals surface area contributed by atoms with Crippen LogP contribution in [0.4, 0.5) is 14.9 Å². The van der Waals surface area contributed by atoms with E-state index in [4.69, 9.17) is 0 Å². The Hall–Kier alpha value is -2.44. The highest BCUT2D eigenvalue weighted by Gasteiger charge is 2.47. The summed E-state index contributed by atoms with van der Waals surface area (Å²) in [5, 5.41) is 5.28. The molecule has 0 spiro atoms. The molecule has 6 nitrogen and oxygen atoms in total. The van der Waals surface area contributed by atoms with Crippen LogP contribution in [-0.2, 0) is 9.59 Å². The van der Waals surface area contributed by atoms with Crippen molar-refractivity contribution in [2.24, 2.45) is 5.92 Å². The number of benzene rings is 1. The molecule has 1 aliphatic rings. The summed E-state index contributed by atoms with van der Waals surface area (Å²) in [4.78, 5) is 37.8. The minimum absolute atomic E-state index is 0.376. The Bertz CT molecular complexity index is 705. The number of nitrogens with zero attached hydrogens (tertiary/aromatic N) is 1. The normalized spacial score (nSPS) is 20.2. The molecular weight excluding hydrogens is 325 g/mol. The molecule has 0 aromatic heterocycles. The molecule has 0 aliphatic carbocycles. The Labute approximate surface area is 146 Å². The highest BCUT2D eigenvalue weighted by atomic mass is 19.1. The lowest BCUT2D eigenvalue weighted by Crippen LogP contribution is -2.44. The number of hydrogen-bond donors (Lipinski definition) is 2. The summed E-state index contributed by atoms with van der Waals surface area (Å²) in [5.74, 6) is -0.902. The largest absolute Gasteiger partial charge is 0.325 e. The predicted molar refractivity (Wildman–Crippen MR) is 92.5 cm³/mol. The molecular formula is C18H24FN3O3. The van der Waals surface area contributed by atoms with E-state index in [2.05, 4.69) is 10.6 Å². The quantitative estimate of drug-likeness (QED) is 0.775. The molecule has 2 rings (SSSR count). The Balaban J connectivity index is 2.03. The fourth-order valence-electron chi connectivity index (χ4n) is 2.74. The summed E-state index contributed by atoms with van der Waals surface area (Å²) in [5.41, 5.74) is 0.0290. The van der Waals surface area contributed by atoms with E-state index in [0.717, 1.165) is 11.3 Å². The van der Waals surface area contributed by atoms with Crippen molar-refractivity contribution in [3.63, 3.8) is 0 Å². The fraction of sp³-hybridized carbons (Fsp3) is 0.500. The van der Waals surface area contributed by atoms with Crippen molar-refractivity contribution in [1.82, 2.24) is 10.2 Å². The maximum absolute atomic E-state index is 13.1. The van der Waals surface area contributed by atoms with Crippen LogP contribution in [-0.4, -0.2) is 34.8 Å². The van der Waals surface area contributed by atoms with Gasteiger partial charge in [-0.05, 0) is 56.4 Å². The van der Waals surface area contributed by atoms with Gasteiger partial charge in [-0.2, -0.15) is 0 Å². The first-order valence-electron chi connectivity index (χ1n) is 8.32. The predicted octanol–water partition coefficient (Wildman–Crippen LogP) is 2.82. The summed E-state index contributed by atoms with van der Waals surface area (Å²) in [6.07, 6.45) is 1.31. The highest BCUT2D eigenvalue weighted by molar-refractivity contribution is 6.09. The first-order valence-corrected chi connectivity index (χ1v) is 8.32. The molecule has 136 valence electrons. The zero-order chi connectivity index (χ0) is 18.8. The van der Waals surface area contributed by atoms with E-state index in [0.29, 0.717) is 23.6 Å². The second-order valence-electron chi connectivity index (χ2n) is 7.09. The number of nitrogens with one attached hydrogen (secondary N) is 2. The molecule has 1 aliphatic heterocycles. The van der Waals surface area contributed by atoms with Gasteiger partial charge in [0.05, 0.1) is 0 Å². The number of urea groups is 1. The second-order valence-corrected chi connectivity index (χ2v) is 7.09. The van der Waals surface area contributed by atoms with Gasteiger partial charge < -0.3 is 10.6 Å². The van der Waals surface area contributed by atoms with Crippen molar-refractivity contribution in [2.75, 3.05) is 11.9 Å².